The number of benzene rings is 2. The zero-order valence-corrected chi connectivity index (χ0v) is 11.8. The highest BCUT2D eigenvalue weighted by molar-refractivity contribution is 7.99. The predicted molar refractivity (Wildman–Crippen MR) is 76.2 cm³/mol. The average Bonchev–Trinajstić information content (AvgIpc) is 2.28. The Morgan fingerprint density at radius 3 is 2.12 bits per heavy atom. The fourth-order valence-corrected chi connectivity index (χ4v) is 2.97. The first-order valence-electron chi connectivity index (χ1n) is 5.58. The molecule has 0 radical (unpaired) electrons. The minimum absolute atomic E-state index is 0.834. The van der Waals surface area contributed by atoms with Gasteiger partial charge in [-0.15, -0.1) is 0 Å². The summed E-state index contributed by atoms with van der Waals surface area (Å²) in [7, 11) is 0. The Morgan fingerprint density at radius 2 is 1.53 bits per heavy atom. The molecule has 0 heterocycles. The van der Waals surface area contributed by atoms with Gasteiger partial charge in [-0.1, -0.05) is 47.6 Å². The second-order valence-electron chi connectivity index (χ2n) is 4.23. The monoisotopic (exact) mass is 262 g/mol. The summed E-state index contributed by atoms with van der Waals surface area (Å²) in [5.41, 5.74) is 3.75. The second kappa shape index (κ2) is 5.16. The second-order valence-corrected chi connectivity index (χ2v) is 5.72. The maximum Gasteiger partial charge on any atom is 0.0446 e. The predicted octanol–water partition coefficient (Wildman–Crippen LogP) is 5.42. The highest BCUT2D eigenvalue weighted by atomic mass is 35.5. The fourth-order valence-electron chi connectivity index (χ4n) is 1.72. The number of aryl methyl sites for hydroxylation is 3. The Hall–Kier alpha value is -0.920. The first kappa shape index (κ1) is 12.5. The molecule has 2 heteroatoms. The van der Waals surface area contributed by atoms with Crippen LogP contribution >= 0.6 is 23.4 Å². The van der Waals surface area contributed by atoms with Crippen LogP contribution in [0, 0.1) is 20.8 Å². The molecule has 0 amide bonds. The Bertz CT molecular complexity index is 526. The highest BCUT2D eigenvalue weighted by Crippen LogP contribution is 2.34. The van der Waals surface area contributed by atoms with Crippen LogP contribution < -0.4 is 0 Å². The van der Waals surface area contributed by atoms with E-state index in [2.05, 4.69) is 44.2 Å². The molecule has 2 aromatic carbocycles. The fraction of sp³-hybridized carbons (Fsp3) is 0.200. The summed E-state index contributed by atoms with van der Waals surface area (Å²) in [6.45, 7) is 6.31. The van der Waals surface area contributed by atoms with Gasteiger partial charge in [0.1, 0.15) is 0 Å². The molecule has 0 aliphatic carbocycles. The quantitative estimate of drug-likeness (QED) is 0.697. The summed E-state index contributed by atoms with van der Waals surface area (Å²) >= 11 is 7.93. The van der Waals surface area contributed by atoms with E-state index < -0.39 is 0 Å². The van der Waals surface area contributed by atoms with Crippen molar-refractivity contribution in [3.05, 3.63) is 58.1 Å². The van der Waals surface area contributed by atoms with E-state index in [9.17, 15) is 0 Å². The molecule has 0 saturated heterocycles. The molecule has 17 heavy (non-hydrogen) atoms. The summed E-state index contributed by atoms with van der Waals surface area (Å²) in [6, 6.07) is 12.6. The van der Waals surface area contributed by atoms with E-state index in [4.69, 9.17) is 11.6 Å². The Kier molecular flexibility index (Phi) is 3.80. The molecule has 0 aromatic heterocycles. The zero-order valence-electron chi connectivity index (χ0n) is 10.3. The van der Waals surface area contributed by atoms with Crippen LogP contribution in [-0.4, -0.2) is 0 Å². The van der Waals surface area contributed by atoms with Gasteiger partial charge in [-0.25, -0.2) is 0 Å². The summed E-state index contributed by atoms with van der Waals surface area (Å²) in [4.78, 5) is 2.52. The van der Waals surface area contributed by atoms with Gasteiger partial charge in [0.05, 0.1) is 0 Å². The number of halogens is 1. The Balaban J connectivity index is 2.35. The van der Waals surface area contributed by atoms with Gasteiger partial charge in [0.15, 0.2) is 0 Å². The van der Waals surface area contributed by atoms with Gasteiger partial charge in [0.2, 0.25) is 0 Å². The van der Waals surface area contributed by atoms with Crippen molar-refractivity contribution in [2.75, 3.05) is 0 Å². The minimum atomic E-state index is 0.834. The molecule has 0 aliphatic heterocycles. The van der Waals surface area contributed by atoms with Crippen LogP contribution in [0.4, 0.5) is 0 Å². The molecule has 2 rings (SSSR count). The van der Waals surface area contributed by atoms with Crippen molar-refractivity contribution in [1.29, 1.82) is 0 Å². The SMILES string of the molecule is Cc1ccc(Sc2c(C)cccc2C)cc1Cl. The summed E-state index contributed by atoms with van der Waals surface area (Å²) in [6.07, 6.45) is 0. The van der Waals surface area contributed by atoms with Gasteiger partial charge in [-0.3, -0.25) is 0 Å². The van der Waals surface area contributed by atoms with Crippen molar-refractivity contribution in [1.82, 2.24) is 0 Å². The molecule has 0 unspecified atom stereocenters. The largest absolute Gasteiger partial charge is 0.0895 e. The molecule has 0 aliphatic rings. The molecule has 0 N–H and O–H groups in total. The summed E-state index contributed by atoms with van der Waals surface area (Å²) in [5.74, 6) is 0. The van der Waals surface area contributed by atoms with Crippen LogP contribution in [0.25, 0.3) is 0 Å². The van der Waals surface area contributed by atoms with Crippen molar-refractivity contribution < 1.29 is 0 Å². The van der Waals surface area contributed by atoms with E-state index in [1.165, 1.54) is 20.9 Å². The third kappa shape index (κ3) is 2.85. The average molecular weight is 263 g/mol. The van der Waals surface area contributed by atoms with Gasteiger partial charge >= 0.3 is 0 Å². The van der Waals surface area contributed by atoms with Crippen LogP contribution in [0.2, 0.25) is 5.02 Å². The maximum atomic E-state index is 6.15. The van der Waals surface area contributed by atoms with Gasteiger partial charge in [-0.05, 0) is 49.6 Å². The molecular weight excluding hydrogens is 248 g/mol. The normalized spacial score (nSPS) is 10.6. The van der Waals surface area contributed by atoms with Crippen molar-refractivity contribution in [2.45, 2.75) is 30.6 Å². The van der Waals surface area contributed by atoms with E-state index in [0.29, 0.717) is 0 Å². The Labute approximate surface area is 112 Å². The lowest BCUT2D eigenvalue weighted by atomic mass is 10.2. The standard InChI is InChI=1S/C15H15ClS/c1-10-7-8-13(9-14(10)16)17-15-11(2)5-4-6-12(15)3/h4-9H,1-3H3. The zero-order chi connectivity index (χ0) is 12.4. The lowest BCUT2D eigenvalue weighted by molar-refractivity contribution is 1.21. The molecule has 0 saturated carbocycles. The molecule has 0 nitrogen and oxygen atoms in total. The smallest absolute Gasteiger partial charge is 0.0446 e. The number of hydrogen-bond acceptors (Lipinski definition) is 1. The molecule has 0 bridgehead atoms. The van der Waals surface area contributed by atoms with E-state index in [0.717, 1.165) is 10.6 Å². The summed E-state index contributed by atoms with van der Waals surface area (Å²) in [5, 5.41) is 0.834. The molecular formula is C15H15ClS. The lowest BCUT2D eigenvalue weighted by Gasteiger charge is -2.09. The number of rotatable bonds is 2. The number of hydrogen-bond donors (Lipinski definition) is 0. The molecule has 0 atom stereocenters. The van der Waals surface area contributed by atoms with Crippen LogP contribution in [-0.2, 0) is 0 Å². The molecule has 88 valence electrons. The first-order chi connectivity index (χ1) is 8.08. The van der Waals surface area contributed by atoms with Gasteiger partial charge in [0.25, 0.3) is 0 Å². The molecule has 0 fully saturated rings. The van der Waals surface area contributed by atoms with Crippen LogP contribution in [0.3, 0.4) is 0 Å². The molecule has 0 spiro atoms. The van der Waals surface area contributed by atoms with Crippen molar-refractivity contribution in [3.63, 3.8) is 0 Å². The maximum absolute atomic E-state index is 6.15. The summed E-state index contributed by atoms with van der Waals surface area (Å²) < 4.78 is 0. The minimum Gasteiger partial charge on any atom is -0.0895 e. The van der Waals surface area contributed by atoms with Crippen molar-refractivity contribution in [3.8, 4) is 0 Å². The van der Waals surface area contributed by atoms with Crippen LogP contribution in [0.5, 0.6) is 0 Å². The Morgan fingerprint density at radius 1 is 0.882 bits per heavy atom. The topological polar surface area (TPSA) is 0 Å². The third-order valence-corrected chi connectivity index (χ3v) is 4.52. The molecule has 2 aromatic rings. The van der Waals surface area contributed by atoms with Gasteiger partial charge in [-0.2, -0.15) is 0 Å². The van der Waals surface area contributed by atoms with E-state index >= 15 is 0 Å². The third-order valence-electron chi connectivity index (χ3n) is 2.77. The van der Waals surface area contributed by atoms with E-state index in [-0.39, 0.29) is 0 Å². The first-order valence-corrected chi connectivity index (χ1v) is 6.77. The van der Waals surface area contributed by atoms with Crippen LogP contribution in [0.1, 0.15) is 16.7 Å². The highest BCUT2D eigenvalue weighted by Gasteiger charge is 2.05. The van der Waals surface area contributed by atoms with E-state index in [1.54, 1.807) is 11.8 Å². The van der Waals surface area contributed by atoms with Crippen molar-refractivity contribution in [2.24, 2.45) is 0 Å². The van der Waals surface area contributed by atoms with Gasteiger partial charge < -0.3 is 0 Å². The van der Waals surface area contributed by atoms with Gasteiger partial charge in [0, 0.05) is 14.8 Å². The van der Waals surface area contributed by atoms with Crippen molar-refractivity contribution >= 4 is 23.4 Å². The lowest BCUT2D eigenvalue weighted by Crippen LogP contribution is -1.85. The van der Waals surface area contributed by atoms with Crippen LogP contribution in [0.15, 0.2) is 46.2 Å². The van der Waals surface area contributed by atoms with E-state index in [1.807, 2.05) is 13.0 Å².